The zero-order valence-corrected chi connectivity index (χ0v) is 15.9. The molecular formula is C17H29N5OS. The average molecular weight is 352 g/mol. The minimum absolute atomic E-state index is 0.727. The monoisotopic (exact) mass is 351 g/mol. The van der Waals surface area contributed by atoms with Crippen molar-refractivity contribution in [2.24, 2.45) is 10.9 Å². The summed E-state index contributed by atoms with van der Waals surface area (Å²) in [4.78, 5) is 15.3. The van der Waals surface area contributed by atoms with Crippen LogP contribution in [-0.2, 0) is 11.3 Å². The summed E-state index contributed by atoms with van der Waals surface area (Å²) in [6.45, 7) is 12.3. The second kappa shape index (κ2) is 8.27. The molecule has 1 aromatic heterocycles. The van der Waals surface area contributed by atoms with Gasteiger partial charge >= 0.3 is 0 Å². The lowest BCUT2D eigenvalue weighted by Crippen LogP contribution is -2.53. The molecule has 2 saturated heterocycles. The van der Waals surface area contributed by atoms with E-state index >= 15 is 0 Å². The Labute approximate surface area is 148 Å². The van der Waals surface area contributed by atoms with E-state index in [0.29, 0.717) is 0 Å². The maximum absolute atomic E-state index is 5.49. The van der Waals surface area contributed by atoms with Gasteiger partial charge in [-0.15, -0.1) is 11.3 Å². The van der Waals surface area contributed by atoms with E-state index in [1.54, 1.807) is 11.3 Å². The Morgan fingerprint density at radius 3 is 2.71 bits per heavy atom. The molecule has 134 valence electrons. The molecule has 3 heterocycles. The molecule has 1 atom stereocenters. The van der Waals surface area contributed by atoms with Crippen molar-refractivity contribution in [3.8, 4) is 0 Å². The normalized spacial score (nSPS) is 23.0. The van der Waals surface area contributed by atoms with Gasteiger partial charge in [-0.05, 0) is 26.2 Å². The minimum Gasteiger partial charge on any atom is -0.381 e. The summed E-state index contributed by atoms with van der Waals surface area (Å²) >= 11 is 1.76. The summed E-state index contributed by atoms with van der Waals surface area (Å²) < 4.78 is 5.49. The van der Waals surface area contributed by atoms with Gasteiger partial charge in [0.25, 0.3) is 0 Å². The Balaban J connectivity index is 1.44. The molecule has 7 heteroatoms. The number of hydrogen-bond donors (Lipinski definition) is 1. The van der Waals surface area contributed by atoms with Crippen LogP contribution in [0, 0.1) is 19.8 Å². The van der Waals surface area contributed by atoms with Gasteiger partial charge in [-0.2, -0.15) is 0 Å². The summed E-state index contributed by atoms with van der Waals surface area (Å²) in [7, 11) is 1.86. The van der Waals surface area contributed by atoms with Crippen LogP contribution in [0.4, 0.5) is 0 Å². The molecule has 0 aromatic carbocycles. The molecule has 0 radical (unpaired) electrons. The topological polar surface area (TPSA) is 53.0 Å². The van der Waals surface area contributed by atoms with Crippen LogP contribution in [0.1, 0.15) is 22.0 Å². The summed E-state index contributed by atoms with van der Waals surface area (Å²) in [6.07, 6.45) is 1.22. The number of nitrogens with one attached hydrogen (secondary N) is 1. The van der Waals surface area contributed by atoms with Crippen LogP contribution in [-0.4, -0.2) is 73.7 Å². The molecule has 0 amide bonds. The predicted octanol–water partition coefficient (Wildman–Crippen LogP) is 1.49. The first-order chi connectivity index (χ1) is 11.7. The van der Waals surface area contributed by atoms with Crippen LogP contribution < -0.4 is 5.32 Å². The standard InChI is InChI=1S/C17H29N5OS/c1-13-14(2)24-16(20-13)10-19-17(18-3)22-7-5-21(6-8-22)11-15-4-9-23-12-15/h15H,4-12H2,1-3H3,(H,18,19). The second-order valence-corrected chi connectivity index (χ2v) is 7.95. The Bertz CT molecular complexity index is 540. The van der Waals surface area contributed by atoms with E-state index in [1.807, 2.05) is 7.05 Å². The van der Waals surface area contributed by atoms with Gasteiger partial charge < -0.3 is 15.0 Å². The van der Waals surface area contributed by atoms with Crippen molar-refractivity contribution in [3.05, 3.63) is 15.6 Å². The minimum atomic E-state index is 0.727. The molecule has 1 N–H and O–H groups in total. The summed E-state index contributed by atoms with van der Waals surface area (Å²) in [5.41, 5.74) is 1.14. The van der Waals surface area contributed by atoms with Crippen molar-refractivity contribution < 1.29 is 4.74 Å². The van der Waals surface area contributed by atoms with Gasteiger partial charge in [0.1, 0.15) is 5.01 Å². The molecule has 2 fully saturated rings. The first-order valence-electron chi connectivity index (χ1n) is 8.84. The van der Waals surface area contributed by atoms with Crippen LogP contribution in [0.25, 0.3) is 0 Å². The zero-order valence-electron chi connectivity index (χ0n) is 15.0. The predicted molar refractivity (Wildman–Crippen MR) is 98.7 cm³/mol. The third-order valence-electron chi connectivity index (χ3n) is 4.89. The molecule has 0 bridgehead atoms. The largest absolute Gasteiger partial charge is 0.381 e. The van der Waals surface area contributed by atoms with Crippen molar-refractivity contribution >= 4 is 17.3 Å². The third-order valence-corrected chi connectivity index (χ3v) is 5.97. The van der Waals surface area contributed by atoms with Crippen molar-refractivity contribution in [1.82, 2.24) is 20.1 Å². The highest BCUT2D eigenvalue weighted by molar-refractivity contribution is 7.11. The molecule has 3 rings (SSSR count). The fraction of sp³-hybridized carbons (Fsp3) is 0.765. The fourth-order valence-corrected chi connectivity index (χ4v) is 4.21. The molecule has 2 aliphatic heterocycles. The highest BCUT2D eigenvalue weighted by Crippen LogP contribution is 2.17. The molecule has 0 aliphatic carbocycles. The molecule has 24 heavy (non-hydrogen) atoms. The van der Waals surface area contributed by atoms with E-state index in [0.717, 1.165) is 68.5 Å². The fourth-order valence-electron chi connectivity index (χ4n) is 3.34. The van der Waals surface area contributed by atoms with E-state index in [2.05, 4.69) is 38.9 Å². The van der Waals surface area contributed by atoms with Crippen molar-refractivity contribution in [3.63, 3.8) is 0 Å². The Morgan fingerprint density at radius 1 is 1.33 bits per heavy atom. The smallest absolute Gasteiger partial charge is 0.194 e. The third kappa shape index (κ3) is 4.46. The molecule has 0 spiro atoms. The second-order valence-electron chi connectivity index (χ2n) is 6.67. The molecule has 2 aliphatic rings. The van der Waals surface area contributed by atoms with Gasteiger partial charge in [-0.3, -0.25) is 9.89 Å². The SMILES string of the molecule is CN=C(NCc1nc(C)c(C)s1)N1CCN(CC2CCOC2)CC1. The number of aliphatic imine (C=N–C) groups is 1. The maximum atomic E-state index is 5.49. The zero-order chi connectivity index (χ0) is 16.9. The first-order valence-corrected chi connectivity index (χ1v) is 9.66. The van der Waals surface area contributed by atoms with Gasteiger partial charge in [-0.1, -0.05) is 0 Å². The molecular weight excluding hydrogens is 322 g/mol. The number of piperazine rings is 1. The van der Waals surface area contributed by atoms with E-state index in [4.69, 9.17) is 4.74 Å². The van der Waals surface area contributed by atoms with Crippen molar-refractivity contribution in [1.29, 1.82) is 0 Å². The highest BCUT2D eigenvalue weighted by atomic mass is 32.1. The van der Waals surface area contributed by atoms with E-state index in [9.17, 15) is 0 Å². The number of thiazole rings is 1. The summed E-state index contributed by atoms with van der Waals surface area (Å²) in [6, 6.07) is 0. The summed E-state index contributed by atoms with van der Waals surface area (Å²) in [5.74, 6) is 1.72. The van der Waals surface area contributed by atoms with Crippen LogP contribution in [0.5, 0.6) is 0 Å². The quantitative estimate of drug-likeness (QED) is 0.658. The lowest BCUT2D eigenvalue weighted by atomic mass is 10.1. The van der Waals surface area contributed by atoms with Crippen molar-refractivity contribution in [2.45, 2.75) is 26.8 Å². The Kier molecular flexibility index (Phi) is 6.08. The van der Waals surface area contributed by atoms with Gasteiger partial charge in [0, 0.05) is 51.3 Å². The Morgan fingerprint density at radius 2 is 2.12 bits per heavy atom. The highest BCUT2D eigenvalue weighted by Gasteiger charge is 2.24. The first kappa shape index (κ1) is 17.6. The number of guanidine groups is 1. The number of nitrogens with zero attached hydrogens (tertiary/aromatic N) is 4. The Hall–Kier alpha value is -1.18. The summed E-state index contributed by atoms with van der Waals surface area (Å²) in [5, 5.41) is 4.60. The lowest BCUT2D eigenvalue weighted by Gasteiger charge is -2.37. The maximum Gasteiger partial charge on any atom is 0.194 e. The molecule has 1 unspecified atom stereocenters. The number of aromatic nitrogens is 1. The number of aryl methyl sites for hydroxylation is 2. The lowest BCUT2D eigenvalue weighted by molar-refractivity contribution is 0.139. The van der Waals surface area contributed by atoms with Gasteiger partial charge in [0.2, 0.25) is 0 Å². The number of rotatable bonds is 4. The van der Waals surface area contributed by atoms with Crippen LogP contribution in [0.15, 0.2) is 4.99 Å². The molecule has 0 saturated carbocycles. The van der Waals surface area contributed by atoms with Crippen LogP contribution >= 0.6 is 11.3 Å². The van der Waals surface area contributed by atoms with E-state index < -0.39 is 0 Å². The van der Waals surface area contributed by atoms with Crippen LogP contribution in [0.2, 0.25) is 0 Å². The molecule has 1 aromatic rings. The van der Waals surface area contributed by atoms with Crippen LogP contribution in [0.3, 0.4) is 0 Å². The van der Waals surface area contributed by atoms with E-state index in [1.165, 1.54) is 17.8 Å². The van der Waals surface area contributed by atoms with E-state index in [-0.39, 0.29) is 0 Å². The number of ether oxygens (including phenoxy) is 1. The van der Waals surface area contributed by atoms with Gasteiger partial charge in [-0.25, -0.2) is 4.98 Å². The van der Waals surface area contributed by atoms with Gasteiger partial charge in [0.05, 0.1) is 18.8 Å². The van der Waals surface area contributed by atoms with Crippen molar-refractivity contribution in [2.75, 3.05) is 53.0 Å². The number of hydrogen-bond acceptors (Lipinski definition) is 5. The average Bonchev–Trinajstić information content (AvgIpc) is 3.20. The van der Waals surface area contributed by atoms with Gasteiger partial charge in [0.15, 0.2) is 5.96 Å². The molecule has 6 nitrogen and oxygen atoms in total.